The molecule has 1 heterocycles. The molecule has 0 unspecified atom stereocenters. The van der Waals surface area contributed by atoms with E-state index >= 15 is 0 Å². The maximum absolute atomic E-state index is 11.2. The van der Waals surface area contributed by atoms with E-state index in [-0.39, 0.29) is 16.5 Å². The summed E-state index contributed by atoms with van der Waals surface area (Å²) in [5.41, 5.74) is 2.59. The van der Waals surface area contributed by atoms with Gasteiger partial charge in [-0.15, -0.1) is 0 Å². The summed E-state index contributed by atoms with van der Waals surface area (Å²) in [6.45, 7) is 0.353. The Hall–Kier alpha value is -2.11. The van der Waals surface area contributed by atoms with Crippen LogP contribution >= 0.6 is 23.2 Å². The zero-order chi connectivity index (χ0) is 15.0. The first-order valence-electron chi connectivity index (χ1n) is 6.16. The van der Waals surface area contributed by atoms with Crippen molar-refractivity contribution in [3.8, 4) is 5.75 Å². The summed E-state index contributed by atoms with van der Waals surface area (Å²) in [6, 6.07) is 8.55. The van der Waals surface area contributed by atoms with E-state index in [4.69, 9.17) is 23.2 Å². The van der Waals surface area contributed by atoms with Gasteiger partial charge < -0.3 is 20.4 Å². The Morgan fingerprint density at radius 1 is 1.10 bits per heavy atom. The van der Waals surface area contributed by atoms with Gasteiger partial charge >= 0.3 is 5.69 Å². The third-order valence-electron chi connectivity index (χ3n) is 3.11. The van der Waals surface area contributed by atoms with Crippen molar-refractivity contribution in [2.45, 2.75) is 6.54 Å². The molecule has 3 rings (SSSR count). The number of aromatic nitrogens is 2. The van der Waals surface area contributed by atoms with Crippen LogP contribution in [0.15, 0.2) is 35.1 Å². The van der Waals surface area contributed by atoms with E-state index in [2.05, 4.69) is 15.3 Å². The highest BCUT2D eigenvalue weighted by atomic mass is 35.5. The molecule has 0 amide bonds. The first kappa shape index (κ1) is 13.9. The Balaban J connectivity index is 1.84. The molecule has 0 atom stereocenters. The van der Waals surface area contributed by atoms with Crippen LogP contribution in [0.3, 0.4) is 0 Å². The van der Waals surface area contributed by atoms with Gasteiger partial charge in [-0.3, -0.25) is 0 Å². The van der Waals surface area contributed by atoms with Crippen LogP contribution in [0.4, 0.5) is 5.69 Å². The summed E-state index contributed by atoms with van der Waals surface area (Å²) in [4.78, 5) is 16.6. The molecule has 2 aromatic carbocycles. The van der Waals surface area contributed by atoms with Crippen LogP contribution < -0.4 is 11.0 Å². The van der Waals surface area contributed by atoms with Crippen molar-refractivity contribution in [2.24, 2.45) is 0 Å². The quantitative estimate of drug-likeness (QED) is 0.595. The van der Waals surface area contributed by atoms with Gasteiger partial charge in [-0.2, -0.15) is 0 Å². The lowest BCUT2D eigenvalue weighted by Gasteiger charge is -2.10. The number of phenols is 1. The minimum atomic E-state index is -0.249. The molecule has 0 saturated carbocycles. The topological polar surface area (TPSA) is 80.9 Å². The zero-order valence-corrected chi connectivity index (χ0v) is 12.2. The maximum atomic E-state index is 11.2. The second-order valence-electron chi connectivity index (χ2n) is 4.59. The molecule has 0 radical (unpaired) electrons. The fourth-order valence-electron chi connectivity index (χ4n) is 2.09. The Kier molecular flexibility index (Phi) is 3.53. The third kappa shape index (κ3) is 2.84. The van der Waals surface area contributed by atoms with Crippen molar-refractivity contribution in [2.75, 3.05) is 5.32 Å². The van der Waals surface area contributed by atoms with E-state index in [0.29, 0.717) is 22.6 Å². The lowest BCUT2D eigenvalue weighted by molar-refractivity contribution is 0.469. The van der Waals surface area contributed by atoms with Crippen LogP contribution in [0.5, 0.6) is 5.75 Å². The van der Waals surface area contributed by atoms with E-state index in [0.717, 1.165) is 11.2 Å². The van der Waals surface area contributed by atoms with Gasteiger partial charge in [-0.1, -0.05) is 23.2 Å². The molecule has 0 spiro atoms. The third-order valence-corrected chi connectivity index (χ3v) is 3.61. The highest BCUT2D eigenvalue weighted by Crippen LogP contribution is 2.31. The molecule has 7 heteroatoms. The predicted octanol–water partition coefficient (Wildman–Crippen LogP) is 3.48. The predicted molar refractivity (Wildman–Crippen MR) is 84.4 cm³/mol. The summed E-state index contributed by atoms with van der Waals surface area (Å²) in [7, 11) is 0. The SMILES string of the molecule is O=c1[nH]c2ccc(NCc3cc(Cl)cc(Cl)c3O)cc2[nH]1. The fourth-order valence-corrected chi connectivity index (χ4v) is 2.63. The van der Waals surface area contributed by atoms with E-state index < -0.39 is 0 Å². The van der Waals surface area contributed by atoms with Crippen molar-refractivity contribution in [3.05, 3.63) is 56.4 Å². The first-order valence-corrected chi connectivity index (χ1v) is 6.91. The van der Waals surface area contributed by atoms with Crippen LogP contribution in [0, 0.1) is 0 Å². The van der Waals surface area contributed by atoms with Crippen molar-refractivity contribution in [1.29, 1.82) is 0 Å². The van der Waals surface area contributed by atoms with Crippen molar-refractivity contribution in [3.63, 3.8) is 0 Å². The molecular weight excluding hydrogens is 313 g/mol. The first-order chi connectivity index (χ1) is 10.0. The molecule has 1 aromatic heterocycles. The van der Waals surface area contributed by atoms with E-state index in [1.807, 2.05) is 6.07 Å². The number of rotatable bonds is 3. The molecule has 21 heavy (non-hydrogen) atoms. The van der Waals surface area contributed by atoms with Gasteiger partial charge in [0.1, 0.15) is 5.75 Å². The van der Waals surface area contributed by atoms with E-state index in [1.54, 1.807) is 18.2 Å². The smallest absolute Gasteiger partial charge is 0.323 e. The van der Waals surface area contributed by atoms with E-state index in [1.165, 1.54) is 6.07 Å². The van der Waals surface area contributed by atoms with Gasteiger partial charge in [0.2, 0.25) is 0 Å². The number of hydrogen-bond donors (Lipinski definition) is 4. The maximum Gasteiger partial charge on any atom is 0.323 e. The highest BCUT2D eigenvalue weighted by Gasteiger charge is 2.08. The summed E-state index contributed by atoms with van der Waals surface area (Å²) >= 11 is 11.8. The van der Waals surface area contributed by atoms with E-state index in [9.17, 15) is 9.90 Å². The molecule has 4 N–H and O–H groups in total. The number of halogens is 2. The Bertz CT molecular complexity index is 870. The molecule has 0 aliphatic carbocycles. The standard InChI is InChI=1S/C14H11Cl2N3O2/c15-8-3-7(13(20)10(16)4-8)6-17-9-1-2-11-12(5-9)19-14(21)18-11/h1-5,17,20H,6H2,(H2,18,19,21). The number of anilines is 1. The van der Waals surface area contributed by atoms with Crippen LogP contribution in [-0.2, 0) is 6.54 Å². The molecule has 0 aliphatic rings. The fraction of sp³-hybridized carbons (Fsp3) is 0.0714. The second-order valence-corrected chi connectivity index (χ2v) is 5.43. The number of imidazole rings is 1. The monoisotopic (exact) mass is 323 g/mol. The molecule has 0 fully saturated rings. The van der Waals surface area contributed by atoms with Gasteiger partial charge in [0.05, 0.1) is 16.1 Å². The zero-order valence-electron chi connectivity index (χ0n) is 10.7. The number of nitrogens with one attached hydrogen (secondary N) is 3. The van der Waals surface area contributed by atoms with Crippen LogP contribution in [0.1, 0.15) is 5.56 Å². The van der Waals surface area contributed by atoms with Crippen molar-refractivity contribution in [1.82, 2.24) is 9.97 Å². The number of H-pyrrole nitrogens is 2. The molecule has 5 nitrogen and oxygen atoms in total. The Morgan fingerprint density at radius 2 is 1.86 bits per heavy atom. The summed E-state index contributed by atoms with van der Waals surface area (Å²) < 4.78 is 0. The van der Waals surface area contributed by atoms with Gasteiger partial charge in [0.15, 0.2) is 0 Å². The number of hydrogen-bond acceptors (Lipinski definition) is 3. The molecule has 0 bridgehead atoms. The van der Waals surface area contributed by atoms with Crippen LogP contribution in [0.25, 0.3) is 11.0 Å². The van der Waals surface area contributed by atoms with Gasteiger partial charge in [0.25, 0.3) is 0 Å². The lowest BCUT2D eigenvalue weighted by atomic mass is 10.2. The van der Waals surface area contributed by atoms with Crippen molar-refractivity contribution < 1.29 is 5.11 Å². The summed E-state index contributed by atoms with van der Waals surface area (Å²) in [5, 5.41) is 13.7. The lowest BCUT2D eigenvalue weighted by Crippen LogP contribution is -2.00. The molecule has 0 saturated heterocycles. The number of aromatic amines is 2. The number of phenolic OH excluding ortho intramolecular Hbond substituents is 1. The Labute approximate surface area is 129 Å². The number of benzene rings is 2. The molecular formula is C14H11Cl2N3O2. The normalized spacial score (nSPS) is 11.0. The summed E-state index contributed by atoms with van der Waals surface area (Å²) in [6.07, 6.45) is 0. The van der Waals surface area contributed by atoms with Gasteiger partial charge in [-0.25, -0.2) is 4.79 Å². The van der Waals surface area contributed by atoms with Gasteiger partial charge in [-0.05, 0) is 30.3 Å². The van der Waals surface area contributed by atoms with Crippen LogP contribution in [0.2, 0.25) is 10.0 Å². The second kappa shape index (κ2) is 5.35. The minimum absolute atomic E-state index is 0.00435. The average Bonchev–Trinajstić information content (AvgIpc) is 2.80. The Morgan fingerprint density at radius 3 is 2.67 bits per heavy atom. The minimum Gasteiger partial charge on any atom is -0.506 e. The highest BCUT2D eigenvalue weighted by molar-refractivity contribution is 6.35. The van der Waals surface area contributed by atoms with Crippen LogP contribution in [-0.4, -0.2) is 15.1 Å². The number of fused-ring (bicyclic) bond motifs is 1. The average molecular weight is 324 g/mol. The largest absolute Gasteiger partial charge is 0.506 e. The summed E-state index contributed by atoms with van der Waals surface area (Å²) in [5.74, 6) is 0.00435. The molecule has 3 aromatic rings. The molecule has 108 valence electrons. The van der Waals surface area contributed by atoms with Gasteiger partial charge in [0, 0.05) is 22.8 Å². The van der Waals surface area contributed by atoms with Crippen molar-refractivity contribution >= 4 is 39.9 Å². The molecule has 0 aliphatic heterocycles. The number of aromatic hydroxyl groups is 1.